The Hall–Kier alpha value is -1.60. The molecule has 164 valence electrons. The van der Waals surface area contributed by atoms with Crippen molar-refractivity contribution in [3.05, 3.63) is 83.5 Å². The lowest BCUT2D eigenvalue weighted by Gasteiger charge is -2.46. The third kappa shape index (κ3) is 3.39. The Bertz CT molecular complexity index is 916. The minimum absolute atomic E-state index is 0.704. The number of aryl methyl sites for hydroxylation is 2. The molecule has 4 aliphatic carbocycles. The molecule has 0 amide bonds. The largest absolute Gasteiger partial charge is 0.0808 e. The van der Waals surface area contributed by atoms with E-state index in [1.165, 1.54) is 17.5 Å². The van der Waals surface area contributed by atoms with Crippen molar-refractivity contribution >= 4 is 8.07 Å². The number of allylic oxidation sites excluding steroid dienone is 8. The van der Waals surface area contributed by atoms with Crippen molar-refractivity contribution in [2.75, 3.05) is 0 Å². The highest BCUT2D eigenvalue weighted by molar-refractivity contribution is 6.80. The van der Waals surface area contributed by atoms with E-state index in [1.807, 2.05) is 0 Å². The van der Waals surface area contributed by atoms with E-state index in [-0.39, 0.29) is 0 Å². The van der Waals surface area contributed by atoms with Crippen molar-refractivity contribution < 1.29 is 0 Å². The molecule has 1 aromatic carbocycles. The summed E-state index contributed by atoms with van der Waals surface area (Å²) in [6, 6.07) is 7.35. The van der Waals surface area contributed by atoms with Crippen LogP contribution in [0.5, 0.6) is 0 Å². The standard InChI is InChI=1S/C30H40Si/c1-19-15-20(2)17-24(16-19)28-18-23-11-7-8-14-27(23)30(28)31(5,6)29-21(3)25-12-9-10-13-26(25)22(29)4/h7-17,21-23,25-30H,18H2,1-6H3. The van der Waals surface area contributed by atoms with Crippen LogP contribution in [0.4, 0.5) is 0 Å². The molecule has 8 unspecified atom stereocenters. The molecule has 2 saturated carbocycles. The van der Waals surface area contributed by atoms with E-state index >= 15 is 0 Å². The predicted octanol–water partition coefficient (Wildman–Crippen LogP) is 8.24. The zero-order chi connectivity index (χ0) is 21.9. The summed E-state index contributed by atoms with van der Waals surface area (Å²) in [5, 5.41) is 0. The molecule has 0 radical (unpaired) electrons. The molecular formula is C30H40Si. The highest BCUT2D eigenvalue weighted by Crippen LogP contribution is 2.65. The van der Waals surface area contributed by atoms with Crippen LogP contribution in [0, 0.1) is 49.4 Å². The average Bonchev–Trinajstić information content (AvgIpc) is 3.24. The van der Waals surface area contributed by atoms with Crippen molar-refractivity contribution in [3.63, 3.8) is 0 Å². The van der Waals surface area contributed by atoms with Crippen molar-refractivity contribution in [1.29, 1.82) is 0 Å². The van der Waals surface area contributed by atoms with Crippen LogP contribution in [-0.4, -0.2) is 8.07 Å². The molecule has 0 heterocycles. The van der Waals surface area contributed by atoms with E-state index in [1.54, 1.807) is 5.56 Å². The van der Waals surface area contributed by atoms with Crippen LogP contribution in [-0.2, 0) is 0 Å². The normalized spacial score (nSPS) is 40.9. The van der Waals surface area contributed by atoms with Gasteiger partial charge in [-0.2, -0.15) is 0 Å². The molecule has 0 aromatic heterocycles. The molecule has 0 aliphatic heterocycles. The maximum absolute atomic E-state index is 2.77. The summed E-state index contributed by atoms with van der Waals surface area (Å²) in [7, 11) is -1.59. The fraction of sp³-hybridized carbons (Fsp3) is 0.533. The van der Waals surface area contributed by atoms with E-state index < -0.39 is 8.07 Å². The van der Waals surface area contributed by atoms with Crippen LogP contribution < -0.4 is 0 Å². The second-order valence-electron chi connectivity index (χ2n) is 11.8. The molecule has 0 saturated heterocycles. The van der Waals surface area contributed by atoms with Gasteiger partial charge in [-0.1, -0.05) is 105 Å². The Balaban J connectivity index is 1.57. The highest BCUT2D eigenvalue weighted by atomic mass is 28.3. The first-order chi connectivity index (χ1) is 14.8. The van der Waals surface area contributed by atoms with Gasteiger partial charge in [-0.05, 0) is 78.3 Å². The molecule has 4 aliphatic rings. The third-order valence-corrected chi connectivity index (χ3v) is 14.9. The second-order valence-corrected chi connectivity index (χ2v) is 16.8. The average molecular weight is 429 g/mol. The molecule has 0 spiro atoms. The molecule has 31 heavy (non-hydrogen) atoms. The number of benzene rings is 1. The van der Waals surface area contributed by atoms with Crippen molar-refractivity contribution in [3.8, 4) is 0 Å². The number of rotatable bonds is 3. The number of fused-ring (bicyclic) bond motifs is 2. The third-order valence-electron chi connectivity index (χ3n) is 9.63. The van der Waals surface area contributed by atoms with Gasteiger partial charge in [0.25, 0.3) is 0 Å². The van der Waals surface area contributed by atoms with Gasteiger partial charge in [-0.15, -0.1) is 0 Å². The monoisotopic (exact) mass is 428 g/mol. The molecule has 1 heteroatoms. The van der Waals surface area contributed by atoms with Crippen LogP contribution in [0.25, 0.3) is 0 Å². The fourth-order valence-corrected chi connectivity index (χ4v) is 15.1. The summed E-state index contributed by atoms with van der Waals surface area (Å²) in [6.45, 7) is 15.3. The minimum atomic E-state index is -1.59. The number of hydrogen-bond acceptors (Lipinski definition) is 0. The Morgan fingerprint density at radius 3 is 1.77 bits per heavy atom. The van der Waals surface area contributed by atoms with Crippen LogP contribution in [0.3, 0.4) is 0 Å². The van der Waals surface area contributed by atoms with Gasteiger partial charge < -0.3 is 0 Å². The van der Waals surface area contributed by atoms with Gasteiger partial charge in [0.2, 0.25) is 0 Å². The van der Waals surface area contributed by atoms with Gasteiger partial charge >= 0.3 is 0 Å². The summed E-state index contributed by atoms with van der Waals surface area (Å²) in [5.41, 5.74) is 6.18. The van der Waals surface area contributed by atoms with Gasteiger partial charge in [0.1, 0.15) is 0 Å². The lowest BCUT2D eigenvalue weighted by molar-refractivity contribution is 0.427. The van der Waals surface area contributed by atoms with E-state index in [0.29, 0.717) is 5.92 Å². The van der Waals surface area contributed by atoms with Crippen LogP contribution >= 0.6 is 0 Å². The van der Waals surface area contributed by atoms with Crippen molar-refractivity contribution in [2.24, 2.45) is 35.5 Å². The maximum atomic E-state index is 2.77. The van der Waals surface area contributed by atoms with E-state index in [4.69, 9.17) is 0 Å². The first kappa shape index (κ1) is 21.3. The van der Waals surface area contributed by atoms with E-state index in [9.17, 15) is 0 Å². The summed E-state index contributed by atoms with van der Waals surface area (Å²) in [6.07, 6.45) is 20.8. The fourth-order valence-electron chi connectivity index (χ4n) is 8.81. The Kier molecular flexibility index (Phi) is 5.32. The lowest BCUT2D eigenvalue weighted by atomic mass is 9.85. The van der Waals surface area contributed by atoms with Gasteiger partial charge in [-0.3, -0.25) is 0 Å². The Morgan fingerprint density at radius 2 is 1.19 bits per heavy atom. The zero-order valence-corrected chi connectivity index (χ0v) is 21.3. The molecule has 2 fully saturated rings. The topological polar surface area (TPSA) is 0 Å². The van der Waals surface area contributed by atoms with Gasteiger partial charge in [0.05, 0.1) is 8.07 Å². The van der Waals surface area contributed by atoms with E-state index in [2.05, 4.69) is 108 Å². The molecule has 8 atom stereocenters. The van der Waals surface area contributed by atoms with Gasteiger partial charge in [-0.25, -0.2) is 0 Å². The predicted molar refractivity (Wildman–Crippen MR) is 137 cm³/mol. The van der Waals surface area contributed by atoms with E-state index in [0.717, 1.165) is 46.6 Å². The number of hydrogen-bond donors (Lipinski definition) is 0. The van der Waals surface area contributed by atoms with Crippen LogP contribution in [0.2, 0.25) is 24.2 Å². The Labute approximate surface area is 191 Å². The smallest absolute Gasteiger partial charge is 0.0553 e. The summed E-state index contributed by atoms with van der Waals surface area (Å²) in [5.74, 6) is 5.24. The lowest BCUT2D eigenvalue weighted by Crippen LogP contribution is -2.45. The van der Waals surface area contributed by atoms with Gasteiger partial charge in [0, 0.05) is 0 Å². The van der Waals surface area contributed by atoms with Crippen molar-refractivity contribution in [1.82, 2.24) is 0 Å². The Morgan fingerprint density at radius 1 is 0.677 bits per heavy atom. The SMILES string of the molecule is Cc1cc(C)cc(C2CC3C=CC=CC3C2[Si](C)(C)C2C(C)C3C=CC=CC3C2C)c1. The molecule has 1 aromatic rings. The van der Waals surface area contributed by atoms with Crippen LogP contribution in [0.15, 0.2) is 66.8 Å². The molecule has 0 bridgehead atoms. The summed E-state index contributed by atoms with van der Waals surface area (Å²) >= 11 is 0. The minimum Gasteiger partial charge on any atom is -0.0808 e. The molecule has 0 nitrogen and oxygen atoms in total. The zero-order valence-electron chi connectivity index (χ0n) is 20.3. The molecule has 0 N–H and O–H groups in total. The van der Waals surface area contributed by atoms with Gasteiger partial charge in [0.15, 0.2) is 0 Å². The molecule has 5 rings (SSSR count). The second kappa shape index (κ2) is 7.76. The first-order valence-electron chi connectivity index (χ1n) is 12.6. The van der Waals surface area contributed by atoms with Crippen molar-refractivity contribution in [2.45, 2.75) is 64.2 Å². The molecular weight excluding hydrogens is 388 g/mol. The maximum Gasteiger partial charge on any atom is 0.0553 e. The van der Waals surface area contributed by atoms with Crippen LogP contribution in [0.1, 0.15) is 42.9 Å². The summed E-state index contributed by atoms with van der Waals surface area (Å²) in [4.78, 5) is 0. The summed E-state index contributed by atoms with van der Waals surface area (Å²) < 4.78 is 0. The highest BCUT2D eigenvalue weighted by Gasteiger charge is 2.58. The quantitative estimate of drug-likeness (QED) is 0.425. The first-order valence-corrected chi connectivity index (χ1v) is 15.7.